The highest BCUT2D eigenvalue weighted by molar-refractivity contribution is 5.85. The molecule has 120 valence electrons. The van der Waals surface area contributed by atoms with E-state index in [1.165, 1.54) is 12.1 Å². The van der Waals surface area contributed by atoms with Crippen LogP contribution in [-0.4, -0.2) is 18.0 Å². The standard InChI is InChI=1S/C16H25FN2O.ClH/c1-5-10-16(4,18)14(20)19-11-15(2,3)12-6-8-13(17)9-7-12;/h6-9H,5,10-11,18H2,1-4H3,(H,19,20);1H. The summed E-state index contributed by atoms with van der Waals surface area (Å²) < 4.78 is 12.9. The number of benzene rings is 1. The lowest BCUT2D eigenvalue weighted by Crippen LogP contribution is -2.53. The molecule has 0 saturated heterocycles. The predicted octanol–water partition coefficient (Wildman–Crippen LogP) is 3.16. The van der Waals surface area contributed by atoms with Crippen LogP contribution in [0.25, 0.3) is 0 Å². The van der Waals surface area contributed by atoms with Crippen molar-refractivity contribution >= 4 is 18.3 Å². The van der Waals surface area contributed by atoms with Crippen molar-refractivity contribution in [2.24, 2.45) is 5.73 Å². The maximum absolute atomic E-state index is 12.9. The molecule has 0 aromatic heterocycles. The van der Waals surface area contributed by atoms with Crippen LogP contribution in [0.15, 0.2) is 24.3 Å². The van der Waals surface area contributed by atoms with Gasteiger partial charge in [-0.15, -0.1) is 12.4 Å². The van der Waals surface area contributed by atoms with Crippen molar-refractivity contribution in [3.05, 3.63) is 35.6 Å². The van der Waals surface area contributed by atoms with Crippen LogP contribution in [-0.2, 0) is 10.2 Å². The third kappa shape index (κ3) is 5.64. The van der Waals surface area contributed by atoms with Gasteiger partial charge in [0.2, 0.25) is 5.91 Å². The van der Waals surface area contributed by atoms with Crippen molar-refractivity contribution < 1.29 is 9.18 Å². The molecule has 0 radical (unpaired) electrons. The zero-order valence-electron chi connectivity index (χ0n) is 13.2. The molecule has 1 aromatic rings. The fourth-order valence-electron chi connectivity index (χ4n) is 2.14. The van der Waals surface area contributed by atoms with Gasteiger partial charge in [0.25, 0.3) is 0 Å². The molecule has 1 aromatic carbocycles. The molecule has 3 nitrogen and oxygen atoms in total. The Balaban J connectivity index is 0.00000400. The molecule has 0 bridgehead atoms. The quantitative estimate of drug-likeness (QED) is 0.847. The number of rotatable bonds is 6. The predicted molar refractivity (Wildman–Crippen MR) is 87.2 cm³/mol. The van der Waals surface area contributed by atoms with E-state index in [1.54, 1.807) is 19.1 Å². The molecule has 5 heteroatoms. The molecule has 0 saturated carbocycles. The van der Waals surface area contributed by atoms with E-state index in [0.29, 0.717) is 13.0 Å². The van der Waals surface area contributed by atoms with Crippen LogP contribution in [0.1, 0.15) is 46.1 Å². The van der Waals surface area contributed by atoms with Gasteiger partial charge in [0.15, 0.2) is 0 Å². The molecular formula is C16H26ClFN2O. The maximum atomic E-state index is 12.9. The van der Waals surface area contributed by atoms with Gasteiger partial charge in [-0.05, 0) is 31.0 Å². The van der Waals surface area contributed by atoms with Crippen molar-refractivity contribution in [2.75, 3.05) is 6.54 Å². The van der Waals surface area contributed by atoms with Gasteiger partial charge in [0.05, 0.1) is 5.54 Å². The molecule has 1 rings (SSSR count). The van der Waals surface area contributed by atoms with Gasteiger partial charge >= 0.3 is 0 Å². The van der Waals surface area contributed by atoms with Crippen LogP contribution in [0, 0.1) is 5.82 Å². The minimum Gasteiger partial charge on any atom is -0.354 e. The highest BCUT2D eigenvalue weighted by Crippen LogP contribution is 2.22. The smallest absolute Gasteiger partial charge is 0.239 e. The second kappa shape index (κ2) is 7.76. The molecule has 3 N–H and O–H groups in total. The average molecular weight is 317 g/mol. The minimum absolute atomic E-state index is 0. The number of carbonyl (C=O) groups excluding carboxylic acids is 1. The Morgan fingerprint density at radius 1 is 1.24 bits per heavy atom. The second-order valence-electron chi connectivity index (χ2n) is 6.24. The fourth-order valence-corrected chi connectivity index (χ4v) is 2.14. The molecule has 0 spiro atoms. The summed E-state index contributed by atoms with van der Waals surface area (Å²) in [5.41, 5.74) is 5.87. The lowest BCUT2D eigenvalue weighted by atomic mass is 9.84. The first-order valence-corrected chi connectivity index (χ1v) is 7.02. The summed E-state index contributed by atoms with van der Waals surface area (Å²) in [6.07, 6.45) is 1.51. The number of hydrogen-bond donors (Lipinski definition) is 2. The summed E-state index contributed by atoms with van der Waals surface area (Å²) in [6, 6.07) is 6.36. The average Bonchev–Trinajstić information content (AvgIpc) is 2.36. The molecule has 21 heavy (non-hydrogen) atoms. The van der Waals surface area contributed by atoms with Crippen LogP contribution >= 0.6 is 12.4 Å². The molecule has 0 aliphatic heterocycles. The first-order chi connectivity index (χ1) is 9.19. The van der Waals surface area contributed by atoms with Crippen molar-refractivity contribution in [1.82, 2.24) is 5.32 Å². The SMILES string of the molecule is CCCC(C)(N)C(=O)NCC(C)(C)c1ccc(F)cc1.Cl. The molecule has 1 atom stereocenters. The van der Waals surface area contributed by atoms with Gasteiger partial charge in [-0.25, -0.2) is 4.39 Å². The fraction of sp³-hybridized carbons (Fsp3) is 0.562. The Kier molecular flexibility index (Phi) is 7.34. The Labute approximate surface area is 132 Å². The molecule has 0 fully saturated rings. The maximum Gasteiger partial charge on any atom is 0.239 e. The van der Waals surface area contributed by atoms with Crippen molar-refractivity contribution in [2.45, 2.75) is 51.5 Å². The van der Waals surface area contributed by atoms with E-state index in [9.17, 15) is 9.18 Å². The number of nitrogens with two attached hydrogens (primary N) is 1. The van der Waals surface area contributed by atoms with Crippen LogP contribution in [0.4, 0.5) is 4.39 Å². The number of hydrogen-bond acceptors (Lipinski definition) is 2. The third-order valence-corrected chi connectivity index (χ3v) is 3.60. The van der Waals surface area contributed by atoms with Crippen molar-refractivity contribution in [1.29, 1.82) is 0 Å². The number of carbonyl (C=O) groups is 1. The molecule has 0 heterocycles. The lowest BCUT2D eigenvalue weighted by Gasteiger charge is -2.29. The zero-order chi connectivity index (χ0) is 15.4. The Bertz CT molecular complexity index is 458. The van der Waals surface area contributed by atoms with E-state index in [4.69, 9.17) is 5.73 Å². The van der Waals surface area contributed by atoms with Crippen molar-refractivity contribution in [3.63, 3.8) is 0 Å². The summed E-state index contributed by atoms with van der Waals surface area (Å²) in [6.45, 7) is 8.23. The third-order valence-electron chi connectivity index (χ3n) is 3.60. The van der Waals surface area contributed by atoms with Crippen LogP contribution in [0.5, 0.6) is 0 Å². The second-order valence-corrected chi connectivity index (χ2v) is 6.24. The monoisotopic (exact) mass is 316 g/mol. The van der Waals surface area contributed by atoms with Gasteiger partial charge in [-0.1, -0.05) is 39.3 Å². The number of halogens is 2. The molecule has 1 amide bonds. The highest BCUT2D eigenvalue weighted by Gasteiger charge is 2.29. The summed E-state index contributed by atoms with van der Waals surface area (Å²) in [5, 5.41) is 2.90. The largest absolute Gasteiger partial charge is 0.354 e. The first kappa shape index (κ1) is 19.9. The molecule has 1 unspecified atom stereocenters. The van der Waals surface area contributed by atoms with E-state index < -0.39 is 5.54 Å². The van der Waals surface area contributed by atoms with Gasteiger partial charge in [0, 0.05) is 12.0 Å². The van der Waals surface area contributed by atoms with Crippen molar-refractivity contribution in [3.8, 4) is 0 Å². The topological polar surface area (TPSA) is 55.1 Å². The van der Waals surface area contributed by atoms with Crippen LogP contribution < -0.4 is 11.1 Å². The molecule has 0 aliphatic rings. The summed E-state index contributed by atoms with van der Waals surface area (Å²) in [4.78, 5) is 12.1. The van der Waals surface area contributed by atoms with E-state index in [0.717, 1.165) is 12.0 Å². The highest BCUT2D eigenvalue weighted by atomic mass is 35.5. The summed E-state index contributed by atoms with van der Waals surface area (Å²) in [5.74, 6) is -0.402. The van der Waals surface area contributed by atoms with E-state index in [1.807, 2.05) is 20.8 Å². The van der Waals surface area contributed by atoms with E-state index >= 15 is 0 Å². The van der Waals surface area contributed by atoms with Crippen LogP contribution in [0.2, 0.25) is 0 Å². The van der Waals surface area contributed by atoms with Gasteiger partial charge in [-0.2, -0.15) is 0 Å². The normalized spacial score (nSPS) is 14.0. The first-order valence-electron chi connectivity index (χ1n) is 7.02. The van der Waals surface area contributed by atoms with Crippen LogP contribution in [0.3, 0.4) is 0 Å². The number of amides is 1. The Morgan fingerprint density at radius 2 is 1.76 bits per heavy atom. The molecule has 0 aliphatic carbocycles. The zero-order valence-corrected chi connectivity index (χ0v) is 14.0. The van der Waals surface area contributed by atoms with Gasteiger partial charge in [-0.3, -0.25) is 4.79 Å². The summed E-state index contributed by atoms with van der Waals surface area (Å²) >= 11 is 0. The van der Waals surface area contributed by atoms with Gasteiger partial charge < -0.3 is 11.1 Å². The Hall–Kier alpha value is -1.13. The summed E-state index contributed by atoms with van der Waals surface area (Å²) in [7, 11) is 0. The van der Waals surface area contributed by atoms with Gasteiger partial charge in [0.1, 0.15) is 5.82 Å². The van der Waals surface area contributed by atoms with E-state index in [2.05, 4.69) is 5.32 Å². The van der Waals surface area contributed by atoms with E-state index in [-0.39, 0.29) is 29.5 Å². The Morgan fingerprint density at radius 3 is 2.24 bits per heavy atom. The minimum atomic E-state index is -0.840. The number of nitrogens with one attached hydrogen (secondary N) is 1. The molecular weight excluding hydrogens is 291 g/mol. The lowest BCUT2D eigenvalue weighted by molar-refractivity contribution is -0.126.